The minimum Gasteiger partial charge on any atom is -0.465 e. The number of piperidine rings is 1. The van der Waals surface area contributed by atoms with Crippen molar-refractivity contribution in [2.75, 3.05) is 30.8 Å². The Bertz CT molecular complexity index is 1180. The lowest BCUT2D eigenvalue weighted by Crippen LogP contribution is -2.26. The van der Waals surface area contributed by atoms with Gasteiger partial charge in [-0.2, -0.15) is 0 Å². The topological polar surface area (TPSA) is 93.6 Å². The van der Waals surface area contributed by atoms with Crippen LogP contribution in [0.2, 0.25) is 0 Å². The van der Waals surface area contributed by atoms with Gasteiger partial charge in [-0.25, -0.2) is 9.78 Å². The van der Waals surface area contributed by atoms with Crippen LogP contribution in [0.15, 0.2) is 24.5 Å². The quantitative estimate of drug-likeness (QED) is 0.580. The number of carbonyl (C=O) groups is 1. The molecule has 2 aliphatic carbocycles. The Kier molecular flexibility index (Phi) is 4.69. The van der Waals surface area contributed by atoms with Gasteiger partial charge in [0.2, 0.25) is 0 Å². The van der Waals surface area contributed by atoms with E-state index in [1.807, 2.05) is 6.33 Å². The fraction of sp³-hybridized carbons (Fsp3) is 0.500. The fourth-order valence-electron chi connectivity index (χ4n) is 5.65. The summed E-state index contributed by atoms with van der Waals surface area (Å²) in [5.41, 5.74) is 10.5. The lowest BCUT2D eigenvalue weighted by atomic mass is 9.95. The number of hydrogen-bond donors (Lipinski definition) is 2. The summed E-state index contributed by atoms with van der Waals surface area (Å²) in [6.45, 7) is 1.50. The number of aromatic nitrogens is 2. The molecular weight excluding hydrogens is 424 g/mol. The van der Waals surface area contributed by atoms with E-state index in [0.29, 0.717) is 29.1 Å². The molecule has 1 aromatic carbocycles. The first kappa shape index (κ1) is 20.1. The number of methoxy groups -OCH3 is 1. The van der Waals surface area contributed by atoms with Crippen LogP contribution < -0.4 is 10.6 Å². The van der Waals surface area contributed by atoms with Crippen LogP contribution in [-0.4, -0.2) is 46.9 Å². The number of esters is 1. The molecular formula is C24H28N4O3S. The highest BCUT2D eigenvalue weighted by Gasteiger charge is 2.55. The van der Waals surface area contributed by atoms with E-state index in [1.165, 1.54) is 50.6 Å². The first-order valence-electron chi connectivity index (χ1n) is 11.5. The van der Waals surface area contributed by atoms with Gasteiger partial charge in [0, 0.05) is 31.0 Å². The predicted molar refractivity (Wildman–Crippen MR) is 126 cm³/mol. The molecule has 0 radical (unpaired) electrons. The minimum atomic E-state index is -0.413. The molecule has 0 spiro atoms. The third kappa shape index (κ3) is 3.03. The number of nitrogen functional groups attached to an aromatic ring is 1. The minimum absolute atomic E-state index is 0.203. The third-order valence-electron chi connectivity index (χ3n) is 7.56. The van der Waals surface area contributed by atoms with Crippen molar-refractivity contribution >= 4 is 39.0 Å². The van der Waals surface area contributed by atoms with Gasteiger partial charge in [-0.05, 0) is 30.5 Å². The summed E-state index contributed by atoms with van der Waals surface area (Å²) in [5, 5.41) is 10.8. The van der Waals surface area contributed by atoms with Gasteiger partial charge in [0.05, 0.1) is 41.1 Å². The standard InChI is InChI=1S/C24H28N4O3S/c1-31-24(30)19-20(25)22(32-23(19)27-10-15-16(11-27)21(15)29)13-7-8-18-17(9-13)26-12-28(18)14-5-3-2-4-6-14/h7-9,12,14-16,21,29H,2-6,10-11,25H2,1H3. The number of hydrogen-bond acceptors (Lipinski definition) is 7. The molecule has 7 nitrogen and oxygen atoms in total. The second-order valence-corrected chi connectivity index (χ2v) is 10.4. The Morgan fingerprint density at radius 2 is 1.97 bits per heavy atom. The molecule has 168 valence electrons. The maximum absolute atomic E-state index is 12.6. The number of carbonyl (C=O) groups excluding carboxylic acids is 1. The number of imidazole rings is 1. The lowest BCUT2D eigenvalue weighted by Gasteiger charge is -2.23. The van der Waals surface area contributed by atoms with Crippen molar-refractivity contribution < 1.29 is 14.6 Å². The first-order valence-corrected chi connectivity index (χ1v) is 12.3. The number of nitrogens with two attached hydrogens (primary N) is 1. The lowest BCUT2D eigenvalue weighted by molar-refractivity contribution is 0.0603. The Hall–Kier alpha value is -2.58. The van der Waals surface area contributed by atoms with Crippen LogP contribution in [0.3, 0.4) is 0 Å². The molecule has 32 heavy (non-hydrogen) atoms. The SMILES string of the molecule is COC(=O)c1c(N2CC3C(O)C3C2)sc(-c2ccc3c(c2)ncn3C2CCCCC2)c1N. The van der Waals surface area contributed by atoms with E-state index in [2.05, 4.69) is 32.7 Å². The van der Waals surface area contributed by atoms with Crippen LogP contribution in [0.1, 0.15) is 48.5 Å². The third-order valence-corrected chi connectivity index (χ3v) is 8.87. The number of nitrogens with zero attached hydrogens (tertiary/aromatic N) is 3. The zero-order chi connectivity index (χ0) is 22.0. The Morgan fingerprint density at radius 1 is 1.22 bits per heavy atom. The zero-order valence-corrected chi connectivity index (χ0v) is 19.0. The maximum Gasteiger partial charge on any atom is 0.343 e. The highest BCUT2D eigenvalue weighted by molar-refractivity contribution is 7.20. The molecule has 3 fully saturated rings. The number of rotatable bonds is 4. The van der Waals surface area contributed by atoms with Gasteiger partial charge in [0.1, 0.15) is 10.6 Å². The Balaban J connectivity index is 1.38. The summed E-state index contributed by atoms with van der Waals surface area (Å²) in [6.07, 6.45) is 8.08. The Labute approximate surface area is 190 Å². The molecule has 2 atom stereocenters. The van der Waals surface area contributed by atoms with Crippen molar-refractivity contribution in [2.24, 2.45) is 11.8 Å². The largest absolute Gasteiger partial charge is 0.465 e. The number of anilines is 2. The second kappa shape index (κ2) is 7.49. The second-order valence-electron chi connectivity index (χ2n) is 9.39. The van der Waals surface area contributed by atoms with Crippen molar-refractivity contribution in [3.05, 3.63) is 30.1 Å². The molecule has 3 aliphatic rings. The summed E-state index contributed by atoms with van der Waals surface area (Å²) < 4.78 is 7.39. The molecule has 0 bridgehead atoms. The molecule has 2 saturated carbocycles. The van der Waals surface area contributed by atoms with Gasteiger partial charge >= 0.3 is 5.97 Å². The van der Waals surface area contributed by atoms with Gasteiger partial charge in [-0.15, -0.1) is 11.3 Å². The van der Waals surface area contributed by atoms with Crippen LogP contribution in [0.5, 0.6) is 0 Å². The molecule has 2 aromatic heterocycles. The van der Waals surface area contributed by atoms with E-state index in [4.69, 9.17) is 10.5 Å². The Morgan fingerprint density at radius 3 is 2.69 bits per heavy atom. The molecule has 8 heteroatoms. The predicted octanol–water partition coefficient (Wildman–Crippen LogP) is 4.07. The van der Waals surface area contributed by atoms with Gasteiger partial charge in [0.25, 0.3) is 0 Å². The fourth-order valence-corrected chi connectivity index (χ4v) is 6.88. The molecule has 3 N–H and O–H groups in total. The number of aliphatic hydroxyl groups excluding tert-OH is 1. The van der Waals surface area contributed by atoms with Gasteiger partial charge in [0.15, 0.2) is 0 Å². The van der Waals surface area contributed by atoms with Crippen LogP contribution in [-0.2, 0) is 4.74 Å². The van der Waals surface area contributed by atoms with E-state index < -0.39 is 5.97 Å². The molecule has 0 amide bonds. The van der Waals surface area contributed by atoms with Crippen molar-refractivity contribution in [3.8, 4) is 10.4 Å². The van der Waals surface area contributed by atoms with Crippen LogP contribution in [0.4, 0.5) is 10.7 Å². The normalized spacial score (nSPS) is 25.3. The number of ether oxygens (including phenoxy) is 1. The van der Waals surface area contributed by atoms with Crippen LogP contribution >= 0.6 is 11.3 Å². The number of thiophene rings is 1. The van der Waals surface area contributed by atoms with Gasteiger partial charge in [-0.1, -0.05) is 25.3 Å². The molecule has 6 rings (SSSR count). The van der Waals surface area contributed by atoms with E-state index in [-0.39, 0.29) is 6.10 Å². The summed E-state index contributed by atoms with van der Waals surface area (Å²) in [4.78, 5) is 20.4. The highest BCUT2D eigenvalue weighted by atomic mass is 32.1. The molecule has 1 aliphatic heterocycles. The average molecular weight is 453 g/mol. The van der Waals surface area contributed by atoms with Gasteiger partial charge in [-0.3, -0.25) is 0 Å². The summed E-state index contributed by atoms with van der Waals surface area (Å²) in [5.74, 6) is 0.184. The zero-order valence-electron chi connectivity index (χ0n) is 18.2. The van der Waals surface area contributed by atoms with E-state index >= 15 is 0 Å². The smallest absolute Gasteiger partial charge is 0.343 e. The molecule has 2 unspecified atom stereocenters. The number of aliphatic hydroxyl groups is 1. The number of fused-ring (bicyclic) bond motifs is 2. The summed E-state index contributed by atoms with van der Waals surface area (Å²) in [6, 6.07) is 6.82. The van der Waals surface area contributed by atoms with Gasteiger partial charge < -0.3 is 25.0 Å². The van der Waals surface area contributed by atoms with Crippen molar-refractivity contribution in [3.63, 3.8) is 0 Å². The number of benzene rings is 1. The van der Waals surface area contributed by atoms with E-state index in [1.54, 1.807) is 0 Å². The van der Waals surface area contributed by atoms with Crippen molar-refractivity contribution in [1.82, 2.24) is 9.55 Å². The summed E-state index contributed by atoms with van der Waals surface area (Å²) in [7, 11) is 1.39. The monoisotopic (exact) mass is 452 g/mol. The van der Waals surface area contributed by atoms with E-state index in [9.17, 15) is 9.90 Å². The molecule has 3 heterocycles. The first-order chi connectivity index (χ1) is 15.6. The maximum atomic E-state index is 12.6. The van der Waals surface area contributed by atoms with E-state index in [0.717, 1.165) is 39.6 Å². The average Bonchev–Trinajstić information content (AvgIpc) is 3.27. The molecule has 1 saturated heterocycles. The highest BCUT2D eigenvalue weighted by Crippen LogP contribution is 2.51. The summed E-state index contributed by atoms with van der Waals surface area (Å²) >= 11 is 1.53. The van der Waals surface area contributed by atoms with Crippen molar-refractivity contribution in [1.29, 1.82) is 0 Å². The van der Waals surface area contributed by atoms with Crippen LogP contribution in [0.25, 0.3) is 21.5 Å². The van der Waals surface area contributed by atoms with Crippen LogP contribution in [0, 0.1) is 11.8 Å². The van der Waals surface area contributed by atoms with Crippen molar-refractivity contribution in [2.45, 2.75) is 44.2 Å². The molecule has 3 aromatic rings.